The lowest BCUT2D eigenvalue weighted by Gasteiger charge is -2.07. The molecule has 2 aromatic rings. The Morgan fingerprint density at radius 2 is 1.95 bits per heavy atom. The molecule has 2 aromatic heterocycles. The van der Waals surface area contributed by atoms with Crippen LogP contribution in [0.4, 0.5) is 5.69 Å². The number of nitrogens with zero attached hydrogens (tertiary/aromatic N) is 5. The smallest absolute Gasteiger partial charge is 0.318 e. The zero-order chi connectivity index (χ0) is 14.0. The Bertz CT molecular complexity index is 649. The molecular weight excluding hydrogens is 274 g/mol. The molecule has 2 rings (SSSR count). The predicted molar refractivity (Wildman–Crippen MR) is 66.0 cm³/mol. The van der Waals surface area contributed by atoms with Gasteiger partial charge in [-0.2, -0.15) is 0 Å². The van der Waals surface area contributed by atoms with Gasteiger partial charge >= 0.3 is 5.69 Å². The Hall–Kier alpha value is -2.35. The van der Waals surface area contributed by atoms with E-state index in [0.717, 1.165) is 0 Å². The molecule has 0 saturated heterocycles. The molecule has 0 aliphatic rings. The number of ether oxygens (including phenoxy) is 1. The number of rotatable bonds is 3. The van der Waals surface area contributed by atoms with Crippen LogP contribution in [0.15, 0.2) is 12.4 Å². The van der Waals surface area contributed by atoms with Crippen molar-refractivity contribution in [3.8, 4) is 17.3 Å². The Labute approximate surface area is 112 Å². The Kier molecular flexibility index (Phi) is 3.52. The predicted octanol–water partition coefficient (Wildman–Crippen LogP) is 1.81. The van der Waals surface area contributed by atoms with Gasteiger partial charge in [-0.1, -0.05) is 0 Å². The van der Waals surface area contributed by atoms with Gasteiger partial charge in [0.15, 0.2) is 11.4 Å². The van der Waals surface area contributed by atoms with Crippen molar-refractivity contribution in [1.29, 1.82) is 0 Å². The Morgan fingerprint density at radius 3 is 2.58 bits per heavy atom. The topological polar surface area (TPSA) is 104 Å². The van der Waals surface area contributed by atoms with Crippen LogP contribution in [-0.2, 0) is 0 Å². The maximum atomic E-state index is 11.1. The third-order valence-electron chi connectivity index (χ3n) is 2.30. The average molecular weight is 282 g/mol. The van der Waals surface area contributed by atoms with E-state index >= 15 is 0 Å². The molecule has 0 bridgehead atoms. The maximum Gasteiger partial charge on any atom is 0.318 e. The largest absolute Gasteiger partial charge is 0.479 e. The van der Waals surface area contributed by atoms with Gasteiger partial charge in [-0.15, -0.1) is 0 Å². The van der Waals surface area contributed by atoms with Gasteiger partial charge in [0.1, 0.15) is 5.69 Å². The zero-order valence-corrected chi connectivity index (χ0v) is 10.7. The van der Waals surface area contributed by atoms with Crippen LogP contribution < -0.4 is 4.74 Å². The molecule has 98 valence electrons. The average Bonchev–Trinajstić information content (AvgIpc) is 2.37. The highest BCUT2D eigenvalue weighted by Crippen LogP contribution is 2.33. The van der Waals surface area contributed by atoms with E-state index in [4.69, 9.17) is 16.3 Å². The molecule has 0 fully saturated rings. The zero-order valence-electron chi connectivity index (χ0n) is 9.99. The number of hydrogen-bond acceptors (Lipinski definition) is 7. The molecule has 0 aromatic carbocycles. The van der Waals surface area contributed by atoms with Crippen molar-refractivity contribution in [1.82, 2.24) is 19.9 Å². The van der Waals surface area contributed by atoms with Gasteiger partial charge < -0.3 is 4.74 Å². The number of aromatic nitrogens is 4. The number of halogens is 1. The van der Waals surface area contributed by atoms with Crippen molar-refractivity contribution in [2.24, 2.45) is 0 Å². The molecule has 0 spiro atoms. The number of methoxy groups -OCH3 is 1. The van der Waals surface area contributed by atoms with Gasteiger partial charge in [0.25, 0.3) is 0 Å². The normalized spacial score (nSPS) is 10.3. The molecular formula is C10H8ClN5O3. The summed E-state index contributed by atoms with van der Waals surface area (Å²) in [6, 6.07) is 0. The summed E-state index contributed by atoms with van der Waals surface area (Å²) in [5.74, 6) is 0.125. The van der Waals surface area contributed by atoms with Gasteiger partial charge in [0, 0.05) is 12.4 Å². The molecule has 0 aliphatic heterocycles. The van der Waals surface area contributed by atoms with E-state index in [1.165, 1.54) is 26.4 Å². The molecule has 9 heteroatoms. The first-order valence-corrected chi connectivity index (χ1v) is 5.46. The summed E-state index contributed by atoms with van der Waals surface area (Å²) in [5.41, 5.74) is -0.00699. The number of nitro groups is 1. The third-order valence-corrected chi connectivity index (χ3v) is 2.46. The number of aryl methyl sites for hydroxylation is 1. The summed E-state index contributed by atoms with van der Waals surface area (Å²) in [6.07, 6.45) is 2.79. The second-order valence-electron chi connectivity index (χ2n) is 3.45. The Morgan fingerprint density at radius 1 is 1.26 bits per heavy atom. The highest BCUT2D eigenvalue weighted by molar-refractivity contribution is 6.28. The van der Waals surface area contributed by atoms with Gasteiger partial charge in [-0.3, -0.25) is 10.1 Å². The van der Waals surface area contributed by atoms with Crippen LogP contribution in [0.3, 0.4) is 0 Å². The van der Waals surface area contributed by atoms with E-state index in [-0.39, 0.29) is 33.9 Å². The monoisotopic (exact) mass is 281 g/mol. The standard InChI is InChI=1S/C10H8ClN5O3/c1-5-8(16(17)18)6(15-10(11)14-5)7-9(19-2)13-4-3-12-7/h3-4H,1-2H3. The van der Waals surface area contributed by atoms with Crippen LogP contribution in [0.5, 0.6) is 5.88 Å². The van der Waals surface area contributed by atoms with Crippen molar-refractivity contribution in [3.05, 3.63) is 33.5 Å². The summed E-state index contributed by atoms with van der Waals surface area (Å²) >= 11 is 5.74. The Balaban J connectivity index is 2.77. The summed E-state index contributed by atoms with van der Waals surface area (Å²) in [5, 5.41) is 11.0. The van der Waals surface area contributed by atoms with Crippen molar-refractivity contribution >= 4 is 17.3 Å². The molecule has 2 heterocycles. The highest BCUT2D eigenvalue weighted by atomic mass is 35.5. The maximum absolute atomic E-state index is 11.1. The summed E-state index contributed by atoms with van der Waals surface area (Å²) < 4.78 is 5.01. The molecule has 0 aliphatic carbocycles. The van der Waals surface area contributed by atoms with Crippen LogP contribution in [0.25, 0.3) is 11.4 Å². The summed E-state index contributed by atoms with van der Waals surface area (Å²) in [4.78, 5) is 26.1. The third kappa shape index (κ3) is 2.43. The van der Waals surface area contributed by atoms with E-state index < -0.39 is 4.92 Å². The molecule has 0 saturated carbocycles. The minimum Gasteiger partial charge on any atom is -0.479 e. The summed E-state index contributed by atoms with van der Waals surface area (Å²) in [7, 11) is 1.38. The molecule has 0 atom stereocenters. The minimum atomic E-state index is -0.588. The second kappa shape index (κ2) is 5.11. The lowest BCUT2D eigenvalue weighted by molar-refractivity contribution is -0.385. The van der Waals surface area contributed by atoms with Gasteiger partial charge in [0.05, 0.1) is 12.0 Å². The quantitative estimate of drug-likeness (QED) is 0.480. The first-order valence-electron chi connectivity index (χ1n) is 5.08. The second-order valence-corrected chi connectivity index (χ2v) is 3.78. The fraction of sp³-hybridized carbons (Fsp3) is 0.200. The van der Waals surface area contributed by atoms with Crippen molar-refractivity contribution in [2.75, 3.05) is 7.11 Å². The van der Waals surface area contributed by atoms with Crippen LogP contribution in [0.1, 0.15) is 5.69 Å². The van der Waals surface area contributed by atoms with Gasteiger partial charge in [-0.05, 0) is 18.5 Å². The van der Waals surface area contributed by atoms with Gasteiger partial charge in [-0.25, -0.2) is 19.9 Å². The lowest BCUT2D eigenvalue weighted by atomic mass is 10.2. The van der Waals surface area contributed by atoms with E-state index in [0.29, 0.717) is 0 Å². The molecule has 19 heavy (non-hydrogen) atoms. The molecule has 0 amide bonds. The highest BCUT2D eigenvalue weighted by Gasteiger charge is 2.26. The van der Waals surface area contributed by atoms with Crippen molar-refractivity contribution in [3.63, 3.8) is 0 Å². The van der Waals surface area contributed by atoms with Crippen LogP contribution >= 0.6 is 11.6 Å². The minimum absolute atomic E-state index is 0.0209. The lowest BCUT2D eigenvalue weighted by Crippen LogP contribution is -2.04. The van der Waals surface area contributed by atoms with Gasteiger partial charge in [0.2, 0.25) is 11.2 Å². The number of hydrogen-bond donors (Lipinski definition) is 0. The SMILES string of the molecule is COc1nccnc1-c1nc(Cl)nc(C)c1[N+](=O)[O-]. The fourth-order valence-electron chi connectivity index (χ4n) is 1.55. The van der Waals surface area contributed by atoms with Crippen molar-refractivity contribution in [2.45, 2.75) is 6.92 Å². The molecule has 0 radical (unpaired) electrons. The summed E-state index contributed by atoms with van der Waals surface area (Å²) in [6.45, 7) is 1.47. The first-order chi connectivity index (χ1) is 9.04. The molecule has 8 nitrogen and oxygen atoms in total. The molecule has 0 N–H and O–H groups in total. The van der Waals surface area contributed by atoms with E-state index in [1.54, 1.807) is 0 Å². The molecule has 0 unspecified atom stereocenters. The van der Waals surface area contributed by atoms with E-state index in [2.05, 4.69) is 19.9 Å². The van der Waals surface area contributed by atoms with Crippen LogP contribution in [0, 0.1) is 17.0 Å². The fourth-order valence-corrected chi connectivity index (χ4v) is 1.76. The van der Waals surface area contributed by atoms with Crippen LogP contribution in [-0.4, -0.2) is 32.0 Å². The first kappa shape index (κ1) is 13.1. The van der Waals surface area contributed by atoms with Crippen molar-refractivity contribution < 1.29 is 9.66 Å². The van der Waals surface area contributed by atoms with E-state index in [9.17, 15) is 10.1 Å². The van der Waals surface area contributed by atoms with Crippen LogP contribution in [0.2, 0.25) is 5.28 Å². The van der Waals surface area contributed by atoms with E-state index in [1.807, 2.05) is 0 Å².